The van der Waals surface area contributed by atoms with E-state index in [-0.39, 0.29) is 18.2 Å². The third kappa shape index (κ3) is 5.44. The van der Waals surface area contributed by atoms with E-state index in [4.69, 9.17) is 19.2 Å². The molecule has 4 aromatic rings. The van der Waals surface area contributed by atoms with Crippen molar-refractivity contribution in [2.75, 3.05) is 58.6 Å². The maximum Gasteiger partial charge on any atom is 0.261 e. The lowest BCUT2D eigenvalue weighted by atomic mass is 9.95. The van der Waals surface area contributed by atoms with Crippen molar-refractivity contribution in [2.24, 2.45) is 0 Å². The fraction of sp³-hybridized carbons (Fsp3) is 0.400. The zero-order valence-corrected chi connectivity index (χ0v) is 22.0. The van der Waals surface area contributed by atoms with Crippen LogP contribution in [0.15, 0.2) is 65.7 Å². The monoisotopic (exact) mass is 517 g/mol. The number of fused-ring (bicyclic) bond motifs is 3. The van der Waals surface area contributed by atoms with Crippen molar-refractivity contribution in [3.63, 3.8) is 0 Å². The summed E-state index contributed by atoms with van der Waals surface area (Å²) in [6, 6.07) is 18.3. The molecular formula is C30H35N3O5. The Morgan fingerprint density at radius 3 is 2.42 bits per heavy atom. The Kier molecular flexibility index (Phi) is 8.34. The molecule has 0 spiro atoms. The number of rotatable bonds is 10. The van der Waals surface area contributed by atoms with Crippen LogP contribution in [0.25, 0.3) is 21.7 Å². The summed E-state index contributed by atoms with van der Waals surface area (Å²) in [5.74, 6) is 0. The number of methoxy groups -OCH3 is 2. The molecule has 2 heterocycles. The van der Waals surface area contributed by atoms with Gasteiger partial charge in [-0.05, 0) is 47.6 Å². The second-order valence-corrected chi connectivity index (χ2v) is 9.75. The van der Waals surface area contributed by atoms with E-state index in [0.29, 0.717) is 43.6 Å². The maximum absolute atomic E-state index is 13.7. The Morgan fingerprint density at radius 1 is 1.03 bits per heavy atom. The molecule has 38 heavy (non-hydrogen) atoms. The quantitative estimate of drug-likeness (QED) is 0.322. The van der Waals surface area contributed by atoms with Crippen LogP contribution >= 0.6 is 0 Å². The minimum Gasteiger partial charge on any atom is -0.389 e. The summed E-state index contributed by atoms with van der Waals surface area (Å²) in [6.07, 6.45) is 2.10. The van der Waals surface area contributed by atoms with Gasteiger partial charge in [-0.1, -0.05) is 36.4 Å². The molecule has 0 radical (unpaired) electrons. The minimum absolute atomic E-state index is 0.129. The summed E-state index contributed by atoms with van der Waals surface area (Å²) in [5.41, 5.74) is 3.90. The van der Waals surface area contributed by atoms with E-state index in [1.807, 2.05) is 24.3 Å². The molecule has 1 aliphatic heterocycles. The molecule has 0 aliphatic carbocycles. The van der Waals surface area contributed by atoms with Crippen molar-refractivity contribution < 1.29 is 19.3 Å². The summed E-state index contributed by atoms with van der Waals surface area (Å²) in [6.45, 7) is 3.60. The average molecular weight is 518 g/mol. The number of aliphatic hydroxyl groups excluding tert-OH is 1. The first-order valence-electron chi connectivity index (χ1n) is 13.1. The molecule has 1 N–H and O–H groups in total. The van der Waals surface area contributed by atoms with Crippen LogP contribution in [0.2, 0.25) is 0 Å². The fourth-order valence-electron chi connectivity index (χ4n) is 5.28. The van der Waals surface area contributed by atoms with Crippen molar-refractivity contribution in [3.05, 3.63) is 82.4 Å². The number of hydrogen-bond donors (Lipinski definition) is 1. The van der Waals surface area contributed by atoms with E-state index in [0.717, 1.165) is 40.7 Å². The molecule has 1 saturated heterocycles. The summed E-state index contributed by atoms with van der Waals surface area (Å²) >= 11 is 0. The van der Waals surface area contributed by atoms with Gasteiger partial charge in [-0.2, -0.15) is 0 Å². The molecule has 3 aromatic carbocycles. The first-order chi connectivity index (χ1) is 18.6. The van der Waals surface area contributed by atoms with Crippen LogP contribution in [0.1, 0.15) is 23.6 Å². The van der Waals surface area contributed by atoms with Gasteiger partial charge >= 0.3 is 0 Å². The molecular weight excluding hydrogens is 482 g/mol. The van der Waals surface area contributed by atoms with Gasteiger partial charge in [0.05, 0.1) is 49.2 Å². The first-order valence-corrected chi connectivity index (χ1v) is 13.1. The van der Waals surface area contributed by atoms with Crippen molar-refractivity contribution in [1.82, 2.24) is 9.55 Å². The highest BCUT2D eigenvalue weighted by atomic mass is 16.5. The SMILES string of the molecule is COCCN(CCOC)c1ccc(Cc2cc3c(=O)n([C@H]4CCOC[C@@H]4O)cnc3c3ccccc23)cc1. The summed E-state index contributed by atoms with van der Waals surface area (Å²) in [5, 5.41) is 13.1. The number of ether oxygens (including phenoxy) is 3. The van der Waals surface area contributed by atoms with Crippen LogP contribution in [-0.4, -0.2) is 74.5 Å². The van der Waals surface area contributed by atoms with Crippen LogP contribution in [0.5, 0.6) is 0 Å². The minimum atomic E-state index is -0.730. The Morgan fingerprint density at radius 2 is 1.74 bits per heavy atom. The Bertz CT molecular complexity index is 1430. The van der Waals surface area contributed by atoms with Gasteiger partial charge in [0.15, 0.2) is 0 Å². The number of hydrogen-bond acceptors (Lipinski definition) is 7. The molecule has 0 saturated carbocycles. The van der Waals surface area contributed by atoms with Crippen LogP contribution in [0.4, 0.5) is 5.69 Å². The van der Waals surface area contributed by atoms with E-state index in [1.54, 1.807) is 25.1 Å². The maximum atomic E-state index is 13.7. The Labute approximate surface area is 222 Å². The molecule has 1 aromatic heterocycles. The van der Waals surface area contributed by atoms with Crippen LogP contribution in [0.3, 0.4) is 0 Å². The lowest BCUT2D eigenvalue weighted by molar-refractivity contribution is -0.0395. The number of aliphatic hydroxyl groups is 1. The predicted molar refractivity (Wildman–Crippen MR) is 149 cm³/mol. The standard InChI is InChI=1S/C30H35N3O5/c1-36-15-12-32(13-16-37-2)23-9-7-21(8-10-23)17-22-18-26-29(25-6-4-3-5-24(22)25)31-20-33(30(26)35)27-11-14-38-19-28(27)34/h3-10,18,20,27-28,34H,11-17,19H2,1-2H3/t27-,28-/m0/s1. The zero-order valence-electron chi connectivity index (χ0n) is 22.0. The molecule has 0 amide bonds. The third-order valence-electron chi connectivity index (χ3n) is 7.35. The summed E-state index contributed by atoms with van der Waals surface area (Å²) in [4.78, 5) is 20.6. The van der Waals surface area contributed by atoms with Crippen LogP contribution in [0, 0.1) is 0 Å². The van der Waals surface area contributed by atoms with Gasteiger partial charge < -0.3 is 24.2 Å². The highest BCUT2D eigenvalue weighted by molar-refractivity contribution is 6.06. The van der Waals surface area contributed by atoms with Crippen molar-refractivity contribution in [2.45, 2.75) is 25.0 Å². The Hall–Kier alpha value is -3.30. The fourth-order valence-corrected chi connectivity index (χ4v) is 5.28. The second-order valence-electron chi connectivity index (χ2n) is 9.75. The molecule has 1 aliphatic rings. The molecule has 8 heteroatoms. The smallest absolute Gasteiger partial charge is 0.261 e. The molecule has 0 bridgehead atoms. The molecule has 200 valence electrons. The molecule has 5 rings (SSSR count). The third-order valence-corrected chi connectivity index (χ3v) is 7.35. The lowest BCUT2D eigenvalue weighted by Crippen LogP contribution is -2.39. The van der Waals surface area contributed by atoms with Gasteiger partial charge in [-0.25, -0.2) is 4.98 Å². The van der Waals surface area contributed by atoms with Gasteiger partial charge in [-0.15, -0.1) is 0 Å². The predicted octanol–water partition coefficient (Wildman–Crippen LogP) is 3.56. The average Bonchev–Trinajstić information content (AvgIpc) is 2.95. The number of aromatic nitrogens is 2. The summed E-state index contributed by atoms with van der Waals surface area (Å²) in [7, 11) is 3.42. The number of nitrogens with zero attached hydrogens (tertiary/aromatic N) is 3. The summed E-state index contributed by atoms with van der Waals surface area (Å²) < 4.78 is 17.5. The van der Waals surface area contributed by atoms with Gasteiger partial charge in [0, 0.05) is 45.0 Å². The number of anilines is 1. The van der Waals surface area contributed by atoms with E-state index >= 15 is 0 Å². The van der Waals surface area contributed by atoms with Crippen molar-refractivity contribution >= 4 is 27.4 Å². The molecule has 1 fully saturated rings. The van der Waals surface area contributed by atoms with Gasteiger partial charge in [0.1, 0.15) is 0 Å². The van der Waals surface area contributed by atoms with Crippen LogP contribution < -0.4 is 10.5 Å². The van der Waals surface area contributed by atoms with Crippen LogP contribution in [-0.2, 0) is 20.6 Å². The second kappa shape index (κ2) is 12.0. The largest absolute Gasteiger partial charge is 0.389 e. The van der Waals surface area contributed by atoms with E-state index in [1.165, 1.54) is 0 Å². The van der Waals surface area contributed by atoms with Gasteiger partial charge in [0.25, 0.3) is 5.56 Å². The first kappa shape index (κ1) is 26.3. The van der Waals surface area contributed by atoms with Crippen molar-refractivity contribution in [3.8, 4) is 0 Å². The van der Waals surface area contributed by atoms with Gasteiger partial charge in [0.2, 0.25) is 0 Å². The molecule has 2 atom stereocenters. The highest BCUT2D eigenvalue weighted by Gasteiger charge is 2.27. The topological polar surface area (TPSA) is 86.1 Å². The van der Waals surface area contributed by atoms with E-state index in [9.17, 15) is 9.90 Å². The number of benzene rings is 3. The zero-order chi connectivity index (χ0) is 26.5. The normalized spacial score (nSPS) is 17.8. The molecule has 0 unspecified atom stereocenters. The lowest BCUT2D eigenvalue weighted by Gasteiger charge is -2.29. The van der Waals surface area contributed by atoms with Gasteiger partial charge in [-0.3, -0.25) is 9.36 Å². The Balaban J connectivity index is 1.50. The van der Waals surface area contributed by atoms with E-state index in [2.05, 4.69) is 35.2 Å². The van der Waals surface area contributed by atoms with E-state index < -0.39 is 6.10 Å². The molecule has 8 nitrogen and oxygen atoms in total. The van der Waals surface area contributed by atoms with Crippen molar-refractivity contribution in [1.29, 1.82) is 0 Å². The highest BCUT2D eigenvalue weighted by Crippen LogP contribution is 2.29.